The molecule has 0 saturated carbocycles. The second-order valence-electron chi connectivity index (χ2n) is 3.68. The zero-order chi connectivity index (χ0) is 10.0. The average Bonchev–Trinajstić information content (AvgIpc) is 2.15. The SMILES string of the molecule is Cc1ccc(NC2(C#N)COC2)cc1. The summed E-state index contributed by atoms with van der Waals surface area (Å²) in [5, 5.41) is 12.1. The van der Waals surface area contributed by atoms with E-state index in [0.29, 0.717) is 13.2 Å². The van der Waals surface area contributed by atoms with Gasteiger partial charge in [0.25, 0.3) is 0 Å². The Kier molecular flexibility index (Phi) is 2.14. The minimum Gasteiger partial charge on any atom is -0.374 e. The van der Waals surface area contributed by atoms with Crippen LogP contribution in [0.2, 0.25) is 0 Å². The van der Waals surface area contributed by atoms with Crippen LogP contribution >= 0.6 is 0 Å². The van der Waals surface area contributed by atoms with Crippen LogP contribution < -0.4 is 5.32 Å². The molecule has 0 bridgehead atoms. The van der Waals surface area contributed by atoms with Gasteiger partial charge in [0.2, 0.25) is 0 Å². The fourth-order valence-corrected chi connectivity index (χ4v) is 1.38. The molecule has 0 atom stereocenters. The molecule has 1 heterocycles. The van der Waals surface area contributed by atoms with Gasteiger partial charge in [-0.1, -0.05) is 17.7 Å². The minimum absolute atomic E-state index is 0.470. The third-order valence-corrected chi connectivity index (χ3v) is 2.35. The molecule has 1 N–H and O–H groups in total. The van der Waals surface area contributed by atoms with Crippen LogP contribution in [0.4, 0.5) is 5.69 Å². The molecule has 1 saturated heterocycles. The standard InChI is InChI=1S/C11H12N2O/c1-9-2-4-10(5-3-9)13-11(6-12)7-14-8-11/h2-5,13H,7-8H2,1H3. The zero-order valence-corrected chi connectivity index (χ0v) is 8.08. The van der Waals surface area contributed by atoms with Crippen LogP contribution in [0.1, 0.15) is 5.56 Å². The largest absolute Gasteiger partial charge is 0.374 e. The first kappa shape index (κ1) is 9.04. The lowest BCUT2D eigenvalue weighted by molar-refractivity contribution is -0.0132. The van der Waals surface area contributed by atoms with Gasteiger partial charge in [-0.25, -0.2) is 0 Å². The number of anilines is 1. The third kappa shape index (κ3) is 1.57. The van der Waals surface area contributed by atoms with Crippen molar-refractivity contribution in [1.29, 1.82) is 5.26 Å². The second-order valence-corrected chi connectivity index (χ2v) is 3.68. The van der Waals surface area contributed by atoms with E-state index in [4.69, 9.17) is 10.00 Å². The molecular weight excluding hydrogens is 176 g/mol. The smallest absolute Gasteiger partial charge is 0.172 e. The highest BCUT2D eigenvalue weighted by Gasteiger charge is 2.38. The maximum Gasteiger partial charge on any atom is 0.172 e. The van der Waals surface area contributed by atoms with E-state index in [0.717, 1.165) is 5.69 Å². The molecule has 0 spiro atoms. The highest BCUT2D eigenvalue weighted by molar-refractivity contribution is 5.49. The number of hydrogen-bond acceptors (Lipinski definition) is 3. The molecule has 0 aromatic heterocycles. The van der Waals surface area contributed by atoms with Crippen LogP contribution in [-0.4, -0.2) is 18.8 Å². The molecule has 1 fully saturated rings. The van der Waals surface area contributed by atoms with Crippen LogP contribution in [0.3, 0.4) is 0 Å². The van der Waals surface area contributed by atoms with Crippen LogP contribution in [0.25, 0.3) is 0 Å². The lowest BCUT2D eigenvalue weighted by atomic mass is 9.99. The number of nitrogens with one attached hydrogen (secondary N) is 1. The van der Waals surface area contributed by atoms with Crippen molar-refractivity contribution in [1.82, 2.24) is 0 Å². The highest BCUT2D eigenvalue weighted by Crippen LogP contribution is 2.22. The summed E-state index contributed by atoms with van der Waals surface area (Å²) >= 11 is 0. The van der Waals surface area contributed by atoms with Gasteiger partial charge in [0, 0.05) is 5.69 Å². The normalized spacial score (nSPS) is 18.0. The molecule has 1 aliphatic heterocycles. The van der Waals surface area contributed by atoms with Crippen LogP contribution in [0.5, 0.6) is 0 Å². The van der Waals surface area contributed by atoms with Crippen molar-refractivity contribution < 1.29 is 4.74 Å². The molecule has 14 heavy (non-hydrogen) atoms. The average molecular weight is 188 g/mol. The van der Waals surface area contributed by atoms with E-state index >= 15 is 0 Å². The summed E-state index contributed by atoms with van der Waals surface area (Å²) in [6.45, 7) is 2.98. The van der Waals surface area contributed by atoms with Crippen LogP contribution in [-0.2, 0) is 4.74 Å². The van der Waals surface area contributed by atoms with Gasteiger partial charge in [0.05, 0.1) is 19.3 Å². The van der Waals surface area contributed by atoms with E-state index in [1.807, 2.05) is 31.2 Å². The van der Waals surface area contributed by atoms with E-state index in [1.54, 1.807) is 0 Å². The first-order chi connectivity index (χ1) is 6.74. The summed E-state index contributed by atoms with van der Waals surface area (Å²) in [5.74, 6) is 0. The molecule has 0 unspecified atom stereocenters. The Balaban J connectivity index is 2.11. The Bertz CT molecular complexity index is 360. The number of ether oxygens (including phenoxy) is 1. The molecule has 3 nitrogen and oxygen atoms in total. The van der Waals surface area contributed by atoms with Gasteiger partial charge in [0.15, 0.2) is 5.54 Å². The van der Waals surface area contributed by atoms with Crippen LogP contribution in [0.15, 0.2) is 24.3 Å². The van der Waals surface area contributed by atoms with Gasteiger partial charge in [-0.15, -0.1) is 0 Å². The Hall–Kier alpha value is -1.53. The fraction of sp³-hybridized carbons (Fsp3) is 0.364. The number of benzene rings is 1. The van der Waals surface area contributed by atoms with Crippen LogP contribution in [0, 0.1) is 18.3 Å². The zero-order valence-electron chi connectivity index (χ0n) is 8.08. The summed E-state index contributed by atoms with van der Waals surface area (Å²) < 4.78 is 5.04. The topological polar surface area (TPSA) is 45.0 Å². The van der Waals surface area contributed by atoms with Gasteiger partial charge in [-0.05, 0) is 19.1 Å². The quantitative estimate of drug-likeness (QED) is 0.768. The Labute approximate surface area is 83.3 Å². The Morgan fingerprint density at radius 1 is 1.36 bits per heavy atom. The van der Waals surface area contributed by atoms with Crippen molar-refractivity contribution in [3.8, 4) is 6.07 Å². The van der Waals surface area contributed by atoms with E-state index in [-0.39, 0.29) is 0 Å². The lowest BCUT2D eigenvalue weighted by Gasteiger charge is -2.36. The predicted molar refractivity (Wildman–Crippen MR) is 54.0 cm³/mol. The van der Waals surface area contributed by atoms with Crippen molar-refractivity contribution in [2.45, 2.75) is 12.5 Å². The number of aryl methyl sites for hydroxylation is 1. The maximum absolute atomic E-state index is 8.96. The molecule has 0 amide bonds. The highest BCUT2D eigenvalue weighted by atomic mass is 16.5. The minimum atomic E-state index is -0.505. The number of hydrogen-bond donors (Lipinski definition) is 1. The third-order valence-electron chi connectivity index (χ3n) is 2.35. The molecule has 2 rings (SSSR count). The summed E-state index contributed by atoms with van der Waals surface area (Å²) in [4.78, 5) is 0. The number of rotatable bonds is 2. The van der Waals surface area contributed by atoms with E-state index in [1.165, 1.54) is 5.56 Å². The number of nitrogens with zero attached hydrogens (tertiary/aromatic N) is 1. The summed E-state index contributed by atoms with van der Waals surface area (Å²) in [7, 11) is 0. The summed E-state index contributed by atoms with van der Waals surface area (Å²) in [6, 6.07) is 10.2. The van der Waals surface area contributed by atoms with Gasteiger partial charge in [-0.3, -0.25) is 0 Å². The molecular formula is C11H12N2O. The molecule has 1 aromatic rings. The number of nitriles is 1. The molecule has 1 aliphatic rings. The second kappa shape index (κ2) is 3.32. The van der Waals surface area contributed by atoms with Gasteiger partial charge in [-0.2, -0.15) is 5.26 Å². The molecule has 1 aromatic carbocycles. The first-order valence-electron chi connectivity index (χ1n) is 4.58. The molecule has 72 valence electrons. The van der Waals surface area contributed by atoms with Crippen molar-refractivity contribution in [3.63, 3.8) is 0 Å². The van der Waals surface area contributed by atoms with E-state index in [9.17, 15) is 0 Å². The lowest BCUT2D eigenvalue weighted by Crippen LogP contribution is -2.54. The van der Waals surface area contributed by atoms with Gasteiger partial charge >= 0.3 is 0 Å². The van der Waals surface area contributed by atoms with Crippen molar-refractivity contribution >= 4 is 5.69 Å². The molecule has 3 heteroatoms. The van der Waals surface area contributed by atoms with Gasteiger partial charge in [0.1, 0.15) is 0 Å². The van der Waals surface area contributed by atoms with Gasteiger partial charge < -0.3 is 10.1 Å². The van der Waals surface area contributed by atoms with E-state index < -0.39 is 5.54 Å². The van der Waals surface area contributed by atoms with Crippen molar-refractivity contribution in [3.05, 3.63) is 29.8 Å². The summed E-state index contributed by atoms with van der Waals surface area (Å²) in [6.07, 6.45) is 0. The summed E-state index contributed by atoms with van der Waals surface area (Å²) in [5.41, 5.74) is 1.68. The maximum atomic E-state index is 8.96. The molecule has 0 aliphatic carbocycles. The molecule has 0 radical (unpaired) electrons. The fourth-order valence-electron chi connectivity index (χ4n) is 1.38. The predicted octanol–water partition coefficient (Wildman–Crippen LogP) is 1.70. The van der Waals surface area contributed by atoms with Crippen molar-refractivity contribution in [2.24, 2.45) is 0 Å². The Morgan fingerprint density at radius 2 is 2.00 bits per heavy atom. The first-order valence-corrected chi connectivity index (χ1v) is 4.58. The Morgan fingerprint density at radius 3 is 2.43 bits per heavy atom. The van der Waals surface area contributed by atoms with E-state index in [2.05, 4.69) is 11.4 Å². The van der Waals surface area contributed by atoms with Crippen molar-refractivity contribution in [2.75, 3.05) is 18.5 Å². The monoisotopic (exact) mass is 188 g/mol.